The Hall–Kier alpha value is -2.15. The lowest BCUT2D eigenvalue weighted by Crippen LogP contribution is -2.11. The van der Waals surface area contributed by atoms with Gasteiger partial charge in [-0.2, -0.15) is 5.10 Å². The van der Waals surface area contributed by atoms with Gasteiger partial charge in [-0.3, -0.25) is 4.68 Å². The normalized spacial score (nSPS) is 11.6. The fourth-order valence-corrected chi connectivity index (χ4v) is 3.82. The highest BCUT2D eigenvalue weighted by Crippen LogP contribution is 2.22. The molecule has 0 unspecified atom stereocenters. The van der Waals surface area contributed by atoms with Crippen molar-refractivity contribution in [1.29, 1.82) is 0 Å². The number of aryl methyl sites for hydroxylation is 3. The molecule has 0 spiro atoms. The maximum atomic E-state index is 12.5. The first-order valence-corrected chi connectivity index (χ1v) is 7.92. The second-order valence-corrected chi connectivity index (χ2v) is 6.90. The quantitative estimate of drug-likeness (QED) is 0.928. The fourth-order valence-electron chi connectivity index (χ4n) is 2.14. The number of aromatic nitrogens is 2. The van der Waals surface area contributed by atoms with Crippen molar-refractivity contribution in [3.05, 3.63) is 46.8 Å². The highest BCUT2D eigenvalue weighted by atomic mass is 32.2. The second kappa shape index (κ2) is 5.33. The number of carboxylic acids is 1. The van der Waals surface area contributed by atoms with E-state index in [-0.39, 0.29) is 16.2 Å². The van der Waals surface area contributed by atoms with Crippen molar-refractivity contribution in [1.82, 2.24) is 9.78 Å². The standard InChI is InChI=1S/C14H16N2O4S/c1-9-4-5-11(14(17)18)7-13(9)21(19,20)8-12-6-10(2)15-16(12)3/h4-7H,8H2,1-3H3,(H,17,18). The second-order valence-electron chi connectivity index (χ2n) is 4.95. The number of benzene rings is 1. The lowest BCUT2D eigenvalue weighted by molar-refractivity contribution is 0.0696. The number of aromatic carboxylic acids is 1. The molecule has 1 heterocycles. The first-order chi connectivity index (χ1) is 9.70. The van der Waals surface area contributed by atoms with Crippen LogP contribution in [0.2, 0.25) is 0 Å². The molecular weight excluding hydrogens is 292 g/mol. The van der Waals surface area contributed by atoms with E-state index in [1.807, 2.05) is 0 Å². The molecular formula is C14H16N2O4S. The lowest BCUT2D eigenvalue weighted by Gasteiger charge is -2.09. The van der Waals surface area contributed by atoms with Crippen molar-refractivity contribution >= 4 is 15.8 Å². The number of sulfone groups is 1. The summed E-state index contributed by atoms with van der Waals surface area (Å²) in [7, 11) is -1.95. The molecule has 0 amide bonds. The van der Waals surface area contributed by atoms with Gasteiger partial charge in [0.25, 0.3) is 0 Å². The number of nitrogens with zero attached hydrogens (tertiary/aromatic N) is 2. The number of hydrogen-bond donors (Lipinski definition) is 1. The maximum absolute atomic E-state index is 12.5. The Morgan fingerprint density at radius 2 is 1.95 bits per heavy atom. The van der Waals surface area contributed by atoms with Gasteiger partial charge in [-0.1, -0.05) is 6.07 Å². The van der Waals surface area contributed by atoms with Crippen LogP contribution in [0.5, 0.6) is 0 Å². The molecule has 21 heavy (non-hydrogen) atoms. The van der Waals surface area contributed by atoms with E-state index in [0.717, 1.165) is 5.69 Å². The molecule has 0 radical (unpaired) electrons. The van der Waals surface area contributed by atoms with Gasteiger partial charge in [0, 0.05) is 7.05 Å². The Kier molecular flexibility index (Phi) is 3.87. The molecule has 0 aliphatic heterocycles. The van der Waals surface area contributed by atoms with E-state index in [1.54, 1.807) is 27.0 Å². The van der Waals surface area contributed by atoms with Crippen LogP contribution >= 0.6 is 0 Å². The molecule has 1 aromatic carbocycles. The van der Waals surface area contributed by atoms with Crippen LogP contribution in [-0.4, -0.2) is 29.3 Å². The summed E-state index contributed by atoms with van der Waals surface area (Å²) in [6, 6.07) is 5.81. The van der Waals surface area contributed by atoms with Gasteiger partial charge in [-0.15, -0.1) is 0 Å². The van der Waals surface area contributed by atoms with Crippen LogP contribution in [0.4, 0.5) is 0 Å². The molecule has 2 aromatic rings. The van der Waals surface area contributed by atoms with Gasteiger partial charge < -0.3 is 5.11 Å². The third-order valence-corrected chi connectivity index (χ3v) is 4.99. The Morgan fingerprint density at radius 1 is 1.29 bits per heavy atom. The van der Waals surface area contributed by atoms with Gasteiger partial charge in [0.2, 0.25) is 0 Å². The van der Waals surface area contributed by atoms with Crippen molar-refractivity contribution < 1.29 is 18.3 Å². The first kappa shape index (κ1) is 15.2. The van der Waals surface area contributed by atoms with Crippen LogP contribution in [0.3, 0.4) is 0 Å². The van der Waals surface area contributed by atoms with Gasteiger partial charge in [0.1, 0.15) is 0 Å². The van der Waals surface area contributed by atoms with Crippen LogP contribution in [0.15, 0.2) is 29.2 Å². The third-order valence-electron chi connectivity index (χ3n) is 3.21. The summed E-state index contributed by atoms with van der Waals surface area (Å²) < 4.78 is 26.6. The van der Waals surface area contributed by atoms with Crippen molar-refractivity contribution in [2.45, 2.75) is 24.5 Å². The molecule has 1 aromatic heterocycles. The molecule has 1 N–H and O–H groups in total. The highest BCUT2D eigenvalue weighted by Gasteiger charge is 2.21. The number of carboxylic acid groups (broad SMARTS) is 1. The Balaban J connectivity index is 2.46. The number of rotatable bonds is 4. The summed E-state index contributed by atoms with van der Waals surface area (Å²) in [5, 5.41) is 13.1. The molecule has 0 saturated carbocycles. The van der Waals surface area contributed by atoms with E-state index < -0.39 is 15.8 Å². The molecule has 0 bridgehead atoms. The van der Waals surface area contributed by atoms with Crippen LogP contribution < -0.4 is 0 Å². The molecule has 112 valence electrons. The Morgan fingerprint density at radius 3 is 2.48 bits per heavy atom. The zero-order chi connectivity index (χ0) is 15.8. The van der Waals surface area contributed by atoms with Crippen LogP contribution in [0.25, 0.3) is 0 Å². The molecule has 0 saturated heterocycles. The predicted octanol–water partition coefficient (Wildman–Crippen LogP) is 1.71. The maximum Gasteiger partial charge on any atom is 0.335 e. The third kappa shape index (κ3) is 3.13. The van der Waals surface area contributed by atoms with Crippen molar-refractivity contribution in [3.63, 3.8) is 0 Å². The van der Waals surface area contributed by atoms with Gasteiger partial charge in [0.05, 0.1) is 27.6 Å². The molecule has 2 rings (SSSR count). The van der Waals surface area contributed by atoms with Gasteiger partial charge in [-0.25, -0.2) is 13.2 Å². The van der Waals surface area contributed by atoms with E-state index in [9.17, 15) is 13.2 Å². The predicted molar refractivity (Wildman–Crippen MR) is 77.0 cm³/mol. The van der Waals surface area contributed by atoms with E-state index in [0.29, 0.717) is 11.3 Å². The van der Waals surface area contributed by atoms with Crippen LogP contribution in [0.1, 0.15) is 27.3 Å². The van der Waals surface area contributed by atoms with E-state index in [1.165, 1.54) is 22.9 Å². The SMILES string of the molecule is Cc1cc(CS(=O)(=O)c2cc(C(=O)O)ccc2C)n(C)n1. The van der Waals surface area contributed by atoms with Crippen molar-refractivity contribution in [2.75, 3.05) is 0 Å². The monoisotopic (exact) mass is 308 g/mol. The van der Waals surface area contributed by atoms with Crippen LogP contribution in [0, 0.1) is 13.8 Å². The summed E-state index contributed by atoms with van der Waals surface area (Å²) >= 11 is 0. The van der Waals surface area contributed by atoms with Crippen LogP contribution in [-0.2, 0) is 22.6 Å². The van der Waals surface area contributed by atoms with E-state index >= 15 is 0 Å². The highest BCUT2D eigenvalue weighted by molar-refractivity contribution is 7.90. The molecule has 0 fully saturated rings. The molecule has 0 atom stereocenters. The minimum atomic E-state index is -3.63. The summed E-state index contributed by atoms with van der Waals surface area (Å²) in [5.74, 6) is -1.36. The van der Waals surface area contributed by atoms with Gasteiger partial charge in [0.15, 0.2) is 9.84 Å². The van der Waals surface area contributed by atoms with Crippen molar-refractivity contribution in [3.8, 4) is 0 Å². The summed E-state index contributed by atoms with van der Waals surface area (Å²) in [4.78, 5) is 11.0. The molecule has 7 heteroatoms. The minimum absolute atomic E-state index is 0.0413. The molecule has 0 aliphatic carbocycles. The summed E-state index contributed by atoms with van der Waals surface area (Å²) in [6.45, 7) is 3.43. The summed E-state index contributed by atoms with van der Waals surface area (Å²) in [5.41, 5.74) is 1.78. The smallest absolute Gasteiger partial charge is 0.335 e. The molecule has 6 nitrogen and oxygen atoms in total. The van der Waals surface area contributed by atoms with E-state index in [2.05, 4.69) is 5.10 Å². The zero-order valence-corrected chi connectivity index (χ0v) is 12.8. The number of carbonyl (C=O) groups is 1. The minimum Gasteiger partial charge on any atom is -0.478 e. The molecule has 0 aliphatic rings. The average Bonchev–Trinajstić information content (AvgIpc) is 2.67. The van der Waals surface area contributed by atoms with Crippen molar-refractivity contribution in [2.24, 2.45) is 7.05 Å². The number of hydrogen-bond acceptors (Lipinski definition) is 4. The average molecular weight is 308 g/mol. The largest absolute Gasteiger partial charge is 0.478 e. The lowest BCUT2D eigenvalue weighted by atomic mass is 10.1. The Bertz CT molecular complexity index is 806. The Labute approximate surface area is 123 Å². The summed E-state index contributed by atoms with van der Waals surface area (Å²) in [6.07, 6.45) is 0. The topological polar surface area (TPSA) is 89.3 Å². The fraction of sp³-hybridized carbons (Fsp3) is 0.286. The zero-order valence-electron chi connectivity index (χ0n) is 12.0. The van der Waals surface area contributed by atoms with Gasteiger partial charge >= 0.3 is 5.97 Å². The van der Waals surface area contributed by atoms with E-state index in [4.69, 9.17) is 5.11 Å². The first-order valence-electron chi connectivity index (χ1n) is 6.27. The van der Waals surface area contributed by atoms with Gasteiger partial charge in [-0.05, 0) is 37.6 Å².